The highest BCUT2D eigenvalue weighted by atomic mass is 19.3. The summed E-state index contributed by atoms with van der Waals surface area (Å²) in [5.74, 6) is -1.96. The molecule has 0 saturated carbocycles. The number of halogens is 2. The van der Waals surface area contributed by atoms with E-state index < -0.39 is 28.9 Å². The van der Waals surface area contributed by atoms with E-state index in [4.69, 9.17) is 5.11 Å². The van der Waals surface area contributed by atoms with Crippen molar-refractivity contribution in [1.29, 1.82) is 0 Å². The Morgan fingerprint density at radius 1 is 1.40 bits per heavy atom. The molecule has 0 atom stereocenters. The number of aldehydes is 1. The minimum atomic E-state index is -3.26. The number of nitrogens with zero attached hydrogens (tertiary/aromatic N) is 1. The lowest BCUT2D eigenvalue weighted by Crippen LogP contribution is -2.05. The highest BCUT2D eigenvalue weighted by Gasteiger charge is 2.19. The van der Waals surface area contributed by atoms with Gasteiger partial charge in [0.2, 0.25) is 0 Å². The molecule has 7 nitrogen and oxygen atoms in total. The van der Waals surface area contributed by atoms with Crippen LogP contribution in [0.1, 0.15) is 15.9 Å². The van der Waals surface area contributed by atoms with Crippen LogP contribution in [0.25, 0.3) is 6.08 Å². The smallest absolute Gasteiger partial charge is 0.387 e. The Balaban J connectivity index is 3.42. The van der Waals surface area contributed by atoms with E-state index in [-0.39, 0.29) is 17.4 Å². The zero-order valence-corrected chi connectivity index (χ0v) is 9.66. The molecule has 0 aliphatic carbocycles. The summed E-state index contributed by atoms with van der Waals surface area (Å²) in [5, 5.41) is 19.2. The van der Waals surface area contributed by atoms with Crippen molar-refractivity contribution in [2.45, 2.75) is 6.61 Å². The first kappa shape index (κ1) is 15.2. The maximum atomic E-state index is 12.2. The summed E-state index contributed by atoms with van der Waals surface area (Å²) >= 11 is 0. The number of nitro groups is 1. The molecule has 0 heterocycles. The molecule has 1 aromatic carbocycles. The van der Waals surface area contributed by atoms with Gasteiger partial charge in [-0.1, -0.05) is 0 Å². The van der Waals surface area contributed by atoms with Crippen LogP contribution < -0.4 is 4.74 Å². The van der Waals surface area contributed by atoms with E-state index in [0.717, 1.165) is 12.1 Å². The predicted molar refractivity (Wildman–Crippen MR) is 61.8 cm³/mol. The minimum absolute atomic E-state index is 0.155. The Kier molecular flexibility index (Phi) is 4.84. The SMILES string of the molecule is O=Cc1cc(/C=C/C(=O)O)c(OC(F)F)cc1[N+](=O)[O-]. The first-order valence-corrected chi connectivity index (χ1v) is 4.98. The quantitative estimate of drug-likeness (QED) is 0.371. The molecular formula is C11H7F2NO6. The van der Waals surface area contributed by atoms with Crippen LogP contribution in [0, 0.1) is 10.1 Å². The summed E-state index contributed by atoms with van der Waals surface area (Å²) in [6.45, 7) is -3.26. The normalized spacial score (nSPS) is 10.8. The zero-order chi connectivity index (χ0) is 15.3. The molecule has 0 spiro atoms. The van der Waals surface area contributed by atoms with E-state index in [1.165, 1.54) is 0 Å². The zero-order valence-electron chi connectivity index (χ0n) is 9.66. The van der Waals surface area contributed by atoms with E-state index >= 15 is 0 Å². The predicted octanol–water partition coefficient (Wildman–Crippen LogP) is 2.11. The third-order valence-electron chi connectivity index (χ3n) is 2.10. The third-order valence-corrected chi connectivity index (χ3v) is 2.10. The topological polar surface area (TPSA) is 107 Å². The average Bonchev–Trinajstić information content (AvgIpc) is 2.35. The highest BCUT2D eigenvalue weighted by molar-refractivity contribution is 5.88. The van der Waals surface area contributed by atoms with Gasteiger partial charge in [0.15, 0.2) is 6.29 Å². The lowest BCUT2D eigenvalue weighted by atomic mass is 10.1. The Hall–Kier alpha value is -2.84. The van der Waals surface area contributed by atoms with E-state index in [1.54, 1.807) is 0 Å². The van der Waals surface area contributed by atoms with Gasteiger partial charge in [-0.05, 0) is 12.1 Å². The van der Waals surface area contributed by atoms with Gasteiger partial charge in [0.1, 0.15) is 5.75 Å². The fourth-order valence-electron chi connectivity index (χ4n) is 1.35. The van der Waals surface area contributed by atoms with Gasteiger partial charge in [0.05, 0.1) is 16.6 Å². The summed E-state index contributed by atoms with van der Waals surface area (Å²) in [6, 6.07) is 1.53. The molecule has 0 amide bonds. The van der Waals surface area contributed by atoms with Crippen LogP contribution in [0.15, 0.2) is 18.2 Å². The number of carbonyl (C=O) groups excluding carboxylic acids is 1. The number of rotatable bonds is 6. The second-order valence-electron chi connectivity index (χ2n) is 3.37. The molecule has 0 radical (unpaired) electrons. The maximum Gasteiger partial charge on any atom is 0.387 e. The Morgan fingerprint density at radius 3 is 2.50 bits per heavy atom. The van der Waals surface area contributed by atoms with Crippen molar-refractivity contribution in [1.82, 2.24) is 0 Å². The highest BCUT2D eigenvalue weighted by Crippen LogP contribution is 2.30. The van der Waals surface area contributed by atoms with Gasteiger partial charge in [0, 0.05) is 11.6 Å². The molecule has 0 saturated heterocycles. The second kappa shape index (κ2) is 6.36. The molecule has 0 bridgehead atoms. The number of carboxylic acids is 1. The summed E-state index contributed by atoms with van der Waals surface area (Å²) in [5.41, 5.74) is -1.30. The average molecular weight is 287 g/mol. The number of carboxylic acid groups (broad SMARTS) is 1. The van der Waals surface area contributed by atoms with Crippen LogP contribution >= 0.6 is 0 Å². The summed E-state index contributed by atoms with van der Waals surface area (Å²) in [4.78, 5) is 30.9. The van der Waals surface area contributed by atoms with Gasteiger partial charge in [-0.2, -0.15) is 8.78 Å². The molecule has 20 heavy (non-hydrogen) atoms. The summed E-state index contributed by atoms with van der Waals surface area (Å²) < 4.78 is 28.5. The van der Waals surface area contributed by atoms with Crippen LogP contribution in [-0.4, -0.2) is 28.9 Å². The number of alkyl halides is 2. The van der Waals surface area contributed by atoms with E-state index in [9.17, 15) is 28.5 Å². The lowest BCUT2D eigenvalue weighted by molar-refractivity contribution is -0.385. The van der Waals surface area contributed by atoms with Gasteiger partial charge in [-0.15, -0.1) is 0 Å². The number of hydrogen-bond acceptors (Lipinski definition) is 5. The van der Waals surface area contributed by atoms with Crippen molar-refractivity contribution in [3.8, 4) is 5.75 Å². The number of ether oxygens (including phenoxy) is 1. The summed E-state index contributed by atoms with van der Waals surface area (Å²) in [6.07, 6.45) is 1.66. The van der Waals surface area contributed by atoms with Crippen molar-refractivity contribution in [3.05, 3.63) is 39.4 Å². The van der Waals surface area contributed by atoms with Crippen molar-refractivity contribution < 1.29 is 33.1 Å². The molecule has 0 aliphatic rings. The molecular weight excluding hydrogens is 280 g/mol. The first-order valence-electron chi connectivity index (χ1n) is 4.98. The van der Waals surface area contributed by atoms with Gasteiger partial charge in [-0.3, -0.25) is 14.9 Å². The molecule has 0 aliphatic heterocycles. The Morgan fingerprint density at radius 2 is 2.05 bits per heavy atom. The standard InChI is InChI=1S/C11H7F2NO6/c12-11(13)20-9-4-8(14(18)19)7(5-15)3-6(9)1-2-10(16)17/h1-5,11H,(H,16,17)/b2-1+. The van der Waals surface area contributed by atoms with Crippen LogP contribution in [0.4, 0.5) is 14.5 Å². The lowest BCUT2D eigenvalue weighted by Gasteiger charge is -2.08. The van der Waals surface area contributed by atoms with E-state index in [1.807, 2.05) is 0 Å². The largest absolute Gasteiger partial charge is 0.478 e. The minimum Gasteiger partial charge on any atom is -0.478 e. The van der Waals surface area contributed by atoms with Crippen molar-refractivity contribution in [2.75, 3.05) is 0 Å². The van der Waals surface area contributed by atoms with Crippen LogP contribution in [0.3, 0.4) is 0 Å². The van der Waals surface area contributed by atoms with Gasteiger partial charge in [-0.25, -0.2) is 4.79 Å². The van der Waals surface area contributed by atoms with Crippen molar-refractivity contribution in [2.24, 2.45) is 0 Å². The fourth-order valence-corrected chi connectivity index (χ4v) is 1.35. The third kappa shape index (κ3) is 3.83. The molecule has 0 unspecified atom stereocenters. The van der Waals surface area contributed by atoms with Crippen LogP contribution in [0.2, 0.25) is 0 Å². The van der Waals surface area contributed by atoms with Gasteiger partial charge in [0.25, 0.3) is 5.69 Å². The second-order valence-corrected chi connectivity index (χ2v) is 3.37. The van der Waals surface area contributed by atoms with E-state index in [2.05, 4.69) is 4.74 Å². The van der Waals surface area contributed by atoms with Crippen molar-refractivity contribution >= 4 is 24.0 Å². The molecule has 9 heteroatoms. The Bertz CT molecular complexity index is 585. The molecule has 106 valence electrons. The number of aliphatic carboxylic acids is 1. The fraction of sp³-hybridized carbons (Fsp3) is 0.0909. The number of hydrogen-bond donors (Lipinski definition) is 1. The monoisotopic (exact) mass is 287 g/mol. The maximum absolute atomic E-state index is 12.2. The van der Waals surface area contributed by atoms with Gasteiger partial charge < -0.3 is 9.84 Å². The van der Waals surface area contributed by atoms with Gasteiger partial charge >= 0.3 is 12.6 Å². The summed E-state index contributed by atoms with van der Waals surface area (Å²) in [7, 11) is 0. The molecule has 0 aromatic heterocycles. The number of nitro benzene ring substituents is 1. The number of benzene rings is 1. The number of carbonyl (C=O) groups is 2. The molecule has 1 aromatic rings. The van der Waals surface area contributed by atoms with Crippen LogP contribution in [0.5, 0.6) is 5.75 Å². The first-order chi connectivity index (χ1) is 9.35. The van der Waals surface area contributed by atoms with Crippen molar-refractivity contribution in [3.63, 3.8) is 0 Å². The van der Waals surface area contributed by atoms with E-state index in [0.29, 0.717) is 12.1 Å². The molecule has 1 N–H and O–H groups in total. The molecule has 0 fully saturated rings. The van der Waals surface area contributed by atoms with Crippen LogP contribution in [-0.2, 0) is 4.79 Å². The Labute approximate surface area is 110 Å². The molecule has 1 rings (SSSR count).